The molecule has 1 aromatic heterocycles. The Bertz CT molecular complexity index is 994. The Hall–Kier alpha value is -3.19. The highest BCUT2D eigenvalue weighted by atomic mass is 32.2. The van der Waals surface area contributed by atoms with Crippen molar-refractivity contribution in [2.45, 2.75) is 18.5 Å². The summed E-state index contributed by atoms with van der Waals surface area (Å²) < 4.78 is 44.4. The first-order valence-electron chi connectivity index (χ1n) is 8.36. The van der Waals surface area contributed by atoms with Crippen molar-refractivity contribution >= 4 is 29.3 Å². The molecule has 2 aromatic rings. The van der Waals surface area contributed by atoms with Crippen LogP contribution < -0.4 is 10.6 Å². The second-order valence-corrected chi connectivity index (χ2v) is 7.04. The standard InChI is InChI=1S/C19H14F3N3O3S/c20-19(21,22)13-4-1-2-5-14(13)24-17(27)10-29-18-12(9-23)11(8-16(26)25-18)15-6-3-7-28-15/h1-7,11H,8,10H2,(H,24,27)(H,25,26)/t11-/m0/s1. The van der Waals surface area contributed by atoms with Gasteiger partial charge in [0.25, 0.3) is 0 Å². The predicted octanol–water partition coefficient (Wildman–Crippen LogP) is 4.01. The van der Waals surface area contributed by atoms with Crippen molar-refractivity contribution in [3.63, 3.8) is 0 Å². The fraction of sp³-hybridized carbons (Fsp3) is 0.211. The molecule has 2 heterocycles. The van der Waals surface area contributed by atoms with Gasteiger partial charge in [-0.15, -0.1) is 0 Å². The number of allylic oxidation sites excluding steroid dienone is 1. The van der Waals surface area contributed by atoms with E-state index in [1.54, 1.807) is 12.1 Å². The van der Waals surface area contributed by atoms with Gasteiger partial charge in [0, 0.05) is 6.42 Å². The second kappa shape index (κ2) is 8.45. The molecule has 0 bridgehead atoms. The Morgan fingerprint density at radius 2 is 2.07 bits per heavy atom. The number of carbonyl (C=O) groups excluding carboxylic acids is 2. The van der Waals surface area contributed by atoms with Gasteiger partial charge in [-0.3, -0.25) is 9.59 Å². The summed E-state index contributed by atoms with van der Waals surface area (Å²) in [5, 5.41) is 14.5. The lowest BCUT2D eigenvalue weighted by molar-refractivity contribution is -0.137. The predicted molar refractivity (Wildman–Crippen MR) is 99.4 cm³/mol. The molecule has 0 radical (unpaired) electrons. The summed E-state index contributed by atoms with van der Waals surface area (Å²) in [6.45, 7) is 0. The van der Waals surface area contributed by atoms with Crippen LogP contribution in [-0.4, -0.2) is 17.6 Å². The van der Waals surface area contributed by atoms with E-state index in [4.69, 9.17) is 4.42 Å². The molecule has 6 nitrogen and oxygen atoms in total. The second-order valence-electron chi connectivity index (χ2n) is 6.06. The van der Waals surface area contributed by atoms with Crippen molar-refractivity contribution in [1.82, 2.24) is 5.32 Å². The fourth-order valence-corrected chi connectivity index (χ4v) is 3.71. The average Bonchev–Trinajstić information content (AvgIpc) is 3.20. The lowest BCUT2D eigenvalue weighted by Gasteiger charge is -2.23. The number of hydrogen-bond acceptors (Lipinski definition) is 5. The zero-order chi connectivity index (χ0) is 21.0. The summed E-state index contributed by atoms with van der Waals surface area (Å²) in [5.74, 6) is -1.49. The van der Waals surface area contributed by atoms with Gasteiger partial charge in [-0.2, -0.15) is 18.4 Å². The molecule has 3 rings (SSSR count). The van der Waals surface area contributed by atoms with Gasteiger partial charge in [0.2, 0.25) is 11.8 Å². The first-order chi connectivity index (χ1) is 13.8. The van der Waals surface area contributed by atoms with Crippen LogP contribution in [-0.2, 0) is 15.8 Å². The number of nitrogens with one attached hydrogen (secondary N) is 2. The molecule has 2 N–H and O–H groups in total. The number of nitrogens with zero attached hydrogens (tertiary/aromatic N) is 1. The third-order valence-corrected chi connectivity index (χ3v) is 5.11. The Kier molecular flexibility index (Phi) is 5.98. The summed E-state index contributed by atoms with van der Waals surface area (Å²) in [7, 11) is 0. The van der Waals surface area contributed by atoms with Crippen molar-refractivity contribution in [2.24, 2.45) is 0 Å². The van der Waals surface area contributed by atoms with Crippen molar-refractivity contribution in [3.8, 4) is 6.07 Å². The van der Waals surface area contributed by atoms with E-state index < -0.39 is 23.6 Å². The number of alkyl halides is 3. The molecule has 1 aromatic carbocycles. The number of thioether (sulfide) groups is 1. The molecule has 2 amide bonds. The lowest BCUT2D eigenvalue weighted by atomic mass is 9.92. The summed E-state index contributed by atoms with van der Waals surface area (Å²) in [6.07, 6.45) is -3.16. The van der Waals surface area contributed by atoms with Gasteiger partial charge in [-0.1, -0.05) is 23.9 Å². The summed E-state index contributed by atoms with van der Waals surface area (Å²) >= 11 is 0.866. The van der Waals surface area contributed by atoms with Crippen LogP contribution in [0.3, 0.4) is 0 Å². The monoisotopic (exact) mass is 421 g/mol. The number of hydrogen-bond donors (Lipinski definition) is 2. The van der Waals surface area contributed by atoms with E-state index in [0.29, 0.717) is 5.76 Å². The molecule has 29 heavy (non-hydrogen) atoms. The minimum Gasteiger partial charge on any atom is -0.469 e. The van der Waals surface area contributed by atoms with Crippen LogP contribution in [0.2, 0.25) is 0 Å². The maximum Gasteiger partial charge on any atom is 0.418 e. The van der Waals surface area contributed by atoms with Crippen LogP contribution in [0.5, 0.6) is 0 Å². The van der Waals surface area contributed by atoms with E-state index in [2.05, 4.69) is 10.6 Å². The number of rotatable bonds is 5. The quantitative estimate of drug-likeness (QED) is 0.761. The molecule has 1 aliphatic rings. The lowest BCUT2D eigenvalue weighted by Crippen LogP contribution is -2.31. The van der Waals surface area contributed by atoms with Crippen LogP contribution in [0.1, 0.15) is 23.7 Å². The Morgan fingerprint density at radius 3 is 2.72 bits per heavy atom. The van der Waals surface area contributed by atoms with Crippen molar-refractivity contribution in [2.75, 3.05) is 11.1 Å². The van der Waals surface area contributed by atoms with Gasteiger partial charge < -0.3 is 15.1 Å². The van der Waals surface area contributed by atoms with Crippen LogP contribution in [0, 0.1) is 11.3 Å². The van der Waals surface area contributed by atoms with Gasteiger partial charge in [-0.05, 0) is 24.3 Å². The normalized spacial score (nSPS) is 16.9. The van der Waals surface area contributed by atoms with Crippen molar-refractivity contribution < 1.29 is 27.2 Å². The van der Waals surface area contributed by atoms with Crippen molar-refractivity contribution in [1.29, 1.82) is 5.26 Å². The molecule has 0 unspecified atom stereocenters. The van der Waals surface area contributed by atoms with E-state index in [9.17, 15) is 28.0 Å². The largest absolute Gasteiger partial charge is 0.469 e. The van der Waals surface area contributed by atoms with E-state index >= 15 is 0 Å². The molecule has 0 spiro atoms. The van der Waals surface area contributed by atoms with Gasteiger partial charge in [0.05, 0.1) is 45.9 Å². The van der Waals surface area contributed by atoms with Crippen LogP contribution in [0.15, 0.2) is 57.7 Å². The summed E-state index contributed by atoms with van der Waals surface area (Å²) in [4.78, 5) is 24.2. The number of amides is 2. The summed E-state index contributed by atoms with van der Waals surface area (Å²) in [5.41, 5.74) is -1.09. The molecule has 1 aliphatic heterocycles. The Morgan fingerprint density at radius 1 is 1.31 bits per heavy atom. The third-order valence-electron chi connectivity index (χ3n) is 4.10. The number of benzene rings is 1. The first kappa shape index (κ1) is 20.5. The zero-order valence-electron chi connectivity index (χ0n) is 14.7. The molecule has 0 saturated carbocycles. The number of halogens is 3. The molecule has 0 saturated heterocycles. The summed E-state index contributed by atoms with van der Waals surface area (Å²) in [6, 6.07) is 9.92. The van der Waals surface area contributed by atoms with Gasteiger partial charge >= 0.3 is 6.18 Å². The highest BCUT2D eigenvalue weighted by Gasteiger charge is 2.34. The van der Waals surface area contributed by atoms with Gasteiger partial charge in [-0.25, -0.2) is 0 Å². The third kappa shape index (κ3) is 4.81. The first-order valence-corrected chi connectivity index (χ1v) is 9.34. The highest BCUT2D eigenvalue weighted by Crippen LogP contribution is 2.37. The minimum absolute atomic E-state index is 0.0195. The zero-order valence-corrected chi connectivity index (χ0v) is 15.6. The molecular formula is C19H14F3N3O3S. The molecule has 10 heteroatoms. The van der Waals surface area contributed by atoms with E-state index in [-0.39, 0.29) is 34.4 Å². The van der Waals surface area contributed by atoms with Crippen molar-refractivity contribution in [3.05, 3.63) is 64.6 Å². The molecular weight excluding hydrogens is 407 g/mol. The number of nitriles is 1. The van der Waals surface area contributed by atoms with Crippen LogP contribution >= 0.6 is 11.8 Å². The topological polar surface area (TPSA) is 95.1 Å². The van der Waals surface area contributed by atoms with Gasteiger partial charge in [0.15, 0.2) is 0 Å². The van der Waals surface area contributed by atoms with E-state index in [1.165, 1.54) is 18.4 Å². The number of carbonyl (C=O) groups is 2. The van der Waals surface area contributed by atoms with Crippen LogP contribution in [0.25, 0.3) is 0 Å². The number of furan rings is 1. The smallest absolute Gasteiger partial charge is 0.418 e. The molecule has 150 valence electrons. The fourth-order valence-electron chi connectivity index (χ4n) is 2.83. The molecule has 1 atom stereocenters. The average molecular weight is 421 g/mol. The number of anilines is 1. The highest BCUT2D eigenvalue weighted by molar-refractivity contribution is 8.03. The van der Waals surface area contributed by atoms with Crippen LogP contribution in [0.4, 0.5) is 18.9 Å². The Balaban J connectivity index is 1.74. The Labute approximate surface area is 167 Å². The molecule has 0 fully saturated rings. The van der Waals surface area contributed by atoms with E-state index in [0.717, 1.165) is 23.9 Å². The SMILES string of the molecule is N#CC1=C(SCC(=O)Nc2ccccc2C(F)(F)F)NC(=O)C[C@@H]1c1ccco1. The number of para-hydroxylation sites is 1. The maximum atomic E-state index is 13.0. The van der Waals surface area contributed by atoms with Gasteiger partial charge in [0.1, 0.15) is 5.76 Å². The molecule has 0 aliphatic carbocycles. The minimum atomic E-state index is -4.61. The van der Waals surface area contributed by atoms with E-state index in [1.807, 2.05) is 6.07 Å². The maximum absolute atomic E-state index is 13.0.